The number of nitrogens with zero attached hydrogens (tertiary/aromatic N) is 2. The maximum atomic E-state index is 10.8. The van der Waals surface area contributed by atoms with Crippen LogP contribution in [0.25, 0.3) is 0 Å². The molecule has 1 atom stereocenters. The number of ether oxygens (including phenoxy) is 1. The molecule has 150 valence electrons. The highest BCUT2D eigenvalue weighted by Crippen LogP contribution is 2.21. The number of nitrogens with two attached hydrogens (primary N) is 1. The summed E-state index contributed by atoms with van der Waals surface area (Å²) in [6, 6.07) is 14.1. The van der Waals surface area contributed by atoms with Gasteiger partial charge in [0.2, 0.25) is 0 Å². The molecular formula is C20H25ClN4O3. The lowest BCUT2D eigenvalue weighted by atomic mass is 10.2. The molecule has 8 heteroatoms. The summed E-state index contributed by atoms with van der Waals surface area (Å²) >= 11 is 6.07. The van der Waals surface area contributed by atoms with E-state index in [-0.39, 0.29) is 6.61 Å². The maximum absolute atomic E-state index is 10.8. The fourth-order valence-electron chi connectivity index (χ4n) is 3.18. The third-order valence-electron chi connectivity index (χ3n) is 4.58. The molecule has 2 amide bonds. The topological polar surface area (TPSA) is 91.1 Å². The summed E-state index contributed by atoms with van der Waals surface area (Å²) in [7, 11) is 0. The van der Waals surface area contributed by atoms with Crippen LogP contribution in [0.3, 0.4) is 0 Å². The van der Waals surface area contributed by atoms with Gasteiger partial charge in [0.05, 0.1) is 0 Å². The number of piperazine rings is 1. The van der Waals surface area contributed by atoms with Crippen LogP contribution in [0.1, 0.15) is 0 Å². The van der Waals surface area contributed by atoms with Crippen molar-refractivity contribution in [2.45, 2.75) is 6.10 Å². The highest BCUT2D eigenvalue weighted by Gasteiger charge is 2.20. The molecule has 0 saturated carbocycles. The lowest BCUT2D eigenvalue weighted by Crippen LogP contribution is -2.49. The number of benzene rings is 2. The van der Waals surface area contributed by atoms with Crippen molar-refractivity contribution in [3.05, 3.63) is 53.6 Å². The number of aliphatic hydroxyl groups excluding tert-OH is 1. The summed E-state index contributed by atoms with van der Waals surface area (Å²) in [5, 5.41) is 13.5. The van der Waals surface area contributed by atoms with Crippen molar-refractivity contribution in [3.8, 4) is 5.75 Å². The largest absolute Gasteiger partial charge is 0.491 e. The van der Waals surface area contributed by atoms with Gasteiger partial charge in [-0.05, 0) is 42.5 Å². The molecule has 0 aliphatic carbocycles. The van der Waals surface area contributed by atoms with Crippen LogP contribution in [0.15, 0.2) is 48.5 Å². The van der Waals surface area contributed by atoms with E-state index in [0.29, 0.717) is 18.0 Å². The number of β-amino-alcohol motifs (C(OH)–C–C–N with tert-alkyl or cyclic N) is 1. The Morgan fingerprint density at radius 2 is 1.89 bits per heavy atom. The van der Waals surface area contributed by atoms with Crippen LogP contribution in [0, 0.1) is 0 Å². The van der Waals surface area contributed by atoms with Crippen LogP contribution < -0.4 is 20.7 Å². The lowest BCUT2D eigenvalue weighted by Gasteiger charge is -2.36. The molecule has 4 N–H and O–H groups in total. The molecule has 0 spiro atoms. The van der Waals surface area contributed by atoms with Crippen LogP contribution in [-0.2, 0) is 0 Å². The summed E-state index contributed by atoms with van der Waals surface area (Å²) in [6.45, 7) is 4.29. The Morgan fingerprint density at radius 1 is 1.18 bits per heavy atom. The molecule has 3 rings (SSSR count). The number of primary amides is 1. The van der Waals surface area contributed by atoms with Gasteiger partial charge in [-0.15, -0.1) is 0 Å². The van der Waals surface area contributed by atoms with Gasteiger partial charge in [-0.3, -0.25) is 4.90 Å². The van der Waals surface area contributed by atoms with E-state index in [1.165, 1.54) is 0 Å². The van der Waals surface area contributed by atoms with E-state index in [4.69, 9.17) is 22.1 Å². The molecule has 0 radical (unpaired) electrons. The molecule has 1 saturated heterocycles. The second-order valence-electron chi connectivity index (χ2n) is 6.75. The van der Waals surface area contributed by atoms with Crippen molar-refractivity contribution in [2.75, 3.05) is 49.5 Å². The number of nitrogens with one attached hydrogen (secondary N) is 1. The van der Waals surface area contributed by atoms with Gasteiger partial charge >= 0.3 is 6.03 Å². The summed E-state index contributed by atoms with van der Waals surface area (Å²) < 4.78 is 5.63. The smallest absolute Gasteiger partial charge is 0.316 e. The van der Waals surface area contributed by atoms with Gasteiger partial charge < -0.3 is 25.8 Å². The number of amides is 2. The maximum Gasteiger partial charge on any atom is 0.316 e. The number of hydrogen-bond acceptors (Lipinski definition) is 5. The highest BCUT2D eigenvalue weighted by atomic mass is 35.5. The van der Waals surface area contributed by atoms with E-state index in [9.17, 15) is 9.90 Å². The summed E-state index contributed by atoms with van der Waals surface area (Å²) in [5.74, 6) is 0.625. The van der Waals surface area contributed by atoms with Crippen LogP contribution in [0.4, 0.5) is 16.2 Å². The number of aliphatic hydroxyl groups is 1. The van der Waals surface area contributed by atoms with E-state index in [2.05, 4.69) is 21.2 Å². The lowest BCUT2D eigenvalue weighted by molar-refractivity contribution is 0.0663. The van der Waals surface area contributed by atoms with Crippen LogP contribution in [0.5, 0.6) is 5.75 Å². The monoisotopic (exact) mass is 404 g/mol. The molecule has 0 bridgehead atoms. The zero-order chi connectivity index (χ0) is 19.9. The van der Waals surface area contributed by atoms with Crippen LogP contribution >= 0.6 is 11.6 Å². The minimum atomic E-state index is -0.612. The summed E-state index contributed by atoms with van der Waals surface area (Å²) in [4.78, 5) is 15.3. The van der Waals surface area contributed by atoms with E-state index >= 15 is 0 Å². The van der Waals surface area contributed by atoms with E-state index < -0.39 is 12.1 Å². The van der Waals surface area contributed by atoms with Gasteiger partial charge in [-0.1, -0.05) is 17.7 Å². The Morgan fingerprint density at radius 3 is 2.54 bits per heavy atom. The number of halogens is 1. The van der Waals surface area contributed by atoms with Gasteiger partial charge in [0.15, 0.2) is 0 Å². The first-order valence-corrected chi connectivity index (χ1v) is 9.57. The fourth-order valence-corrected chi connectivity index (χ4v) is 3.37. The van der Waals surface area contributed by atoms with Crippen molar-refractivity contribution >= 4 is 29.0 Å². The molecule has 0 aromatic heterocycles. The Labute approximate surface area is 169 Å². The van der Waals surface area contributed by atoms with Gasteiger partial charge in [0.25, 0.3) is 0 Å². The Bertz CT molecular complexity index is 779. The average molecular weight is 405 g/mol. The van der Waals surface area contributed by atoms with Crippen molar-refractivity contribution in [1.29, 1.82) is 0 Å². The SMILES string of the molecule is NC(=O)Nc1ccc(OC[C@H](O)CN2CCN(c3cccc(Cl)c3)CC2)cc1. The predicted octanol–water partition coefficient (Wildman–Crippen LogP) is 2.39. The normalized spacial score (nSPS) is 15.9. The molecule has 1 heterocycles. The number of anilines is 2. The van der Waals surface area contributed by atoms with Gasteiger partial charge in [0.1, 0.15) is 18.5 Å². The highest BCUT2D eigenvalue weighted by molar-refractivity contribution is 6.30. The molecule has 1 aliphatic heterocycles. The molecule has 7 nitrogen and oxygen atoms in total. The third kappa shape index (κ3) is 6.02. The Hall–Kier alpha value is -2.48. The minimum Gasteiger partial charge on any atom is -0.491 e. The average Bonchev–Trinajstić information content (AvgIpc) is 2.68. The van der Waals surface area contributed by atoms with Gasteiger partial charge in [0, 0.05) is 49.1 Å². The van der Waals surface area contributed by atoms with E-state index in [1.54, 1.807) is 24.3 Å². The number of carbonyl (C=O) groups excluding carboxylic acids is 1. The standard InChI is InChI=1S/C20H25ClN4O3/c21-15-2-1-3-17(12-15)25-10-8-24(9-11-25)13-18(26)14-28-19-6-4-16(5-7-19)23-20(22)27/h1-7,12,18,26H,8-11,13-14H2,(H3,22,23,27)/t18-/m1/s1. The minimum absolute atomic E-state index is 0.205. The second-order valence-corrected chi connectivity index (χ2v) is 7.18. The second kappa shape index (κ2) is 9.64. The number of urea groups is 1. The molecule has 1 aliphatic rings. The van der Waals surface area contributed by atoms with Gasteiger partial charge in [-0.2, -0.15) is 0 Å². The first-order chi connectivity index (χ1) is 13.5. The fraction of sp³-hybridized carbons (Fsp3) is 0.350. The quantitative estimate of drug-likeness (QED) is 0.659. The van der Waals surface area contributed by atoms with Crippen molar-refractivity contribution in [2.24, 2.45) is 5.73 Å². The molecule has 1 fully saturated rings. The van der Waals surface area contributed by atoms with Crippen LogP contribution in [-0.4, -0.2) is 61.5 Å². The zero-order valence-corrected chi connectivity index (χ0v) is 16.3. The Balaban J connectivity index is 1.39. The van der Waals surface area contributed by atoms with E-state index in [1.807, 2.05) is 18.2 Å². The van der Waals surface area contributed by atoms with Crippen molar-refractivity contribution in [3.63, 3.8) is 0 Å². The summed E-state index contributed by atoms with van der Waals surface area (Å²) in [5.41, 5.74) is 6.80. The molecule has 28 heavy (non-hydrogen) atoms. The molecule has 2 aromatic rings. The first-order valence-electron chi connectivity index (χ1n) is 9.20. The summed E-state index contributed by atoms with van der Waals surface area (Å²) in [6.07, 6.45) is -0.582. The molecule has 2 aromatic carbocycles. The third-order valence-corrected chi connectivity index (χ3v) is 4.81. The number of carbonyl (C=O) groups is 1. The Kier molecular flexibility index (Phi) is 6.97. The number of rotatable bonds is 7. The van der Waals surface area contributed by atoms with Crippen molar-refractivity contribution in [1.82, 2.24) is 4.90 Å². The predicted molar refractivity (Wildman–Crippen MR) is 111 cm³/mol. The first kappa shape index (κ1) is 20.3. The zero-order valence-electron chi connectivity index (χ0n) is 15.6. The van der Waals surface area contributed by atoms with Crippen LogP contribution in [0.2, 0.25) is 5.02 Å². The van der Waals surface area contributed by atoms with Gasteiger partial charge in [-0.25, -0.2) is 4.79 Å². The van der Waals surface area contributed by atoms with Crippen molar-refractivity contribution < 1.29 is 14.6 Å². The molecule has 0 unspecified atom stereocenters. The number of hydrogen-bond donors (Lipinski definition) is 3. The van der Waals surface area contributed by atoms with E-state index in [0.717, 1.165) is 36.9 Å². The molecular weight excluding hydrogens is 380 g/mol.